The molecule has 2 fully saturated rings. The molecule has 2 aliphatic rings. The number of benzene rings is 1. The second-order valence-corrected chi connectivity index (χ2v) is 8.16. The molecule has 0 saturated carbocycles. The van der Waals surface area contributed by atoms with Gasteiger partial charge in [0.05, 0.1) is 12.7 Å². The van der Waals surface area contributed by atoms with Gasteiger partial charge in [0.1, 0.15) is 6.29 Å². The molecule has 3 heterocycles. The molecule has 4 rings (SSSR count). The van der Waals surface area contributed by atoms with E-state index in [1.807, 2.05) is 17.0 Å². The maximum atomic E-state index is 14.4. The monoisotopic (exact) mass is 427 g/mol. The van der Waals surface area contributed by atoms with Crippen LogP contribution in [-0.2, 0) is 4.79 Å². The number of hydrogen-bond acceptors (Lipinski definition) is 8. The number of nitrogens with two attached hydrogens (primary N) is 1. The molecule has 9 heteroatoms. The standard InChI is InChI=1S/C22H30FN7O/c23-20-16-25-22(27-21(20)30-7-5-17(15-24)6-8-30)26-18-1-3-19(4-2-18)29-11-9-28(10-12-29)13-14-31/h1-4,14,16-17H,5-13,15,24H2,(H,25,26,27). The molecule has 31 heavy (non-hydrogen) atoms. The fourth-order valence-corrected chi connectivity index (χ4v) is 4.20. The van der Waals surface area contributed by atoms with Gasteiger partial charge in [0.25, 0.3) is 0 Å². The zero-order valence-electron chi connectivity index (χ0n) is 17.7. The number of carbonyl (C=O) groups excluding carboxylic acids is 1. The van der Waals surface area contributed by atoms with E-state index < -0.39 is 5.82 Å². The van der Waals surface area contributed by atoms with Crippen LogP contribution in [-0.4, -0.2) is 73.5 Å². The molecule has 2 aromatic rings. The Bertz CT molecular complexity index is 863. The molecule has 8 nitrogen and oxygen atoms in total. The molecule has 166 valence electrons. The van der Waals surface area contributed by atoms with Gasteiger partial charge >= 0.3 is 0 Å². The van der Waals surface area contributed by atoms with E-state index in [4.69, 9.17) is 5.73 Å². The predicted octanol–water partition coefficient (Wildman–Crippen LogP) is 1.86. The number of nitrogens with one attached hydrogen (secondary N) is 1. The van der Waals surface area contributed by atoms with E-state index in [1.165, 1.54) is 6.20 Å². The summed E-state index contributed by atoms with van der Waals surface area (Å²) in [5, 5.41) is 3.18. The highest BCUT2D eigenvalue weighted by Gasteiger charge is 2.22. The third-order valence-corrected chi connectivity index (χ3v) is 6.17. The molecule has 0 spiro atoms. The number of piperazine rings is 1. The van der Waals surface area contributed by atoms with Crippen molar-refractivity contribution < 1.29 is 9.18 Å². The van der Waals surface area contributed by atoms with Crippen LogP contribution in [0.4, 0.5) is 27.5 Å². The number of piperidine rings is 1. The number of hydrogen-bond donors (Lipinski definition) is 2. The minimum Gasteiger partial charge on any atom is -0.369 e. The predicted molar refractivity (Wildman–Crippen MR) is 120 cm³/mol. The van der Waals surface area contributed by atoms with Gasteiger partial charge in [-0.05, 0) is 49.6 Å². The van der Waals surface area contributed by atoms with Gasteiger partial charge in [-0.15, -0.1) is 0 Å². The lowest BCUT2D eigenvalue weighted by Crippen LogP contribution is -2.46. The summed E-state index contributed by atoms with van der Waals surface area (Å²) in [6, 6.07) is 8.07. The highest BCUT2D eigenvalue weighted by atomic mass is 19.1. The Balaban J connectivity index is 1.38. The average Bonchev–Trinajstić information content (AvgIpc) is 2.82. The van der Waals surface area contributed by atoms with Crippen molar-refractivity contribution in [3.63, 3.8) is 0 Å². The van der Waals surface area contributed by atoms with Crippen molar-refractivity contribution in [3.05, 3.63) is 36.3 Å². The van der Waals surface area contributed by atoms with Crippen molar-refractivity contribution >= 4 is 29.4 Å². The lowest BCUT2D eigenvalue weighted by atomic mass is 9.97. The van der Waals surface area contributed by atoms with Crippen LogP contribution in [0.15, 0.2) is 30.5 Å². The van der Waals surface area contributed by atoms with Crippen molar-refractivity contribution in [1.82, 2.24) is 14.9 Å². The van der Waals surface area contributed by atoms with Gasteiger partial charge in [0, 0.05) is 50.6 Å². The van der Waals surface area contributed by atoms with Crippen LogP contribution in [0.2, 0.25) is 0 Å². The summed E-state index contributed by atoms with van der Waals surface area (Å²) < 4.78 is 14.4. The van der Waals surface area contributed by atoms with Crippen LogP contribution >= 0.6 is 0 Å². The summed E-state index contributed by atoms with van der Waals surface area (Å²) >= 11 is 0. The lowest BCUT2D eigenvalue weighted by molar-refractivity contribution is -0.108. The average molecular weight is 428 g/mol. The quantitative estimate of drug-likeness (QED) is 0.647. The number of anilines is 4. The van der Waals surface area contributed by atoms with Gasteiger partial charge in [-0.2, -0.15) is 4.98 Å². The van der Waals surface area contributed by atoms with E-state index in [2.05, 4.69) is 37.2 Å². The molecule has 2 saturated heterocycles. The van der Waals surface area contributed by atoms with Crippen LogP contribution in [0.5, 0.6) is 0 Å². The maximum Gasteiger partial charge on any atom is 0.229 e. The van der Waals surface area contributed by atoms with Gasteiger partial charge < -0.3 is 25.6 Å². The number of carbonyl (C=O) groups is 1. The van der Waals surface area contributed by atoms with Crippen molar-refractivity contribution in [1.29, 1.82) is 0 Å². The van der Waals surface area contributed by atoms with Crippen molar-refractivity contribution in [2.24, 2.45) is 11.7 Å². The molecular weight excluding hydrogens is 397 g/mol. The number of nitrogens with zero attached hydrogens (tertiary/aromatic N) is 5. The van der Waals surface area contributed by atoms with Gasteiger partial charge in [-0.3, -0.25) is 4.90 Å². The van der Waals surface area contributed by atoms with Crippen LogP contribution in [0.25, 0.3) is 0 Å². The molecule has 0 amide bonds. The van der Waals surface area contributed by atoms with E-state index in [0.29, 0.717) is 30.8 Å². The number of halogens is 1. The van der Waals surface area contributed by atoms with Gasteiger partial charge in [0.2, 0.25) is 5.95 Å². The smallest absolute Gasteiger partial charge is 0.229 e. The molecule has 0 atom stereocenters. The number of aldehydes is 1. The molecule has 1 aromatic heterocycles. The van der Waals surface area contributed by atoms with Crippen LogP contribution in [0.3, 0.4) is 0 Å². The van der Waals surface area contributed by atoms with Gasteiger partial charge in [-0.25, -0.2) is 9.37 Å². The second-order valence-electron chi connectivity index (χ2n) is 8.16. The Morgan fingerprint density at radius 3 is 2.42 bits per heavy atom. The molecular formula is C22H30FN7O. The summed E-state index contributed by atoms with van der Waals surface area (Å²) in [5.41, 5.74) is 7.75. The van der Waals surface area contributed by atoms with Crippen molar-refractivity contribution in [2.75, 3.05) is 67.5 Å². The number of aromatic nitrogens is 2. The van der Waals surface area contributed by atoms with Crippen molar-refractivity contribution in [2.45, 2.75) is 12.8 Å². The van der Waals surface area contributed by atoms with Crippen LogP contribution in [0.1, 0.15) is 12.8 Å². The van der Waals surface area contributed by atoms with E-state index in [1.54, 1.807) is 0 Å². The van der Waals surface area contributed by atoms with Gasteiger partial charge in [0.15, 0.2) is 11.6 Å². The fraction of sp³-hybridized carbons (Fsp3) is 0.500. The second kappa shape index (κ2) is 10.0. The zero-order chi connectivity index (χ0) is 21.6. The molecule has 1 aromatic carbocycles. The SMILES string of the molecule is NCC1CCN(c2nc(Nc3ccc(N4CCN(CC=O)CC4)cc3)ncc2F)CC1. The Morgan fingerprint density at radius 1 is 1.06 bits per heavy atom. The van der Waals surface area contributed by atoms with E-state index >= 15 is 0 Å². The summed E-state index contributed by atoms with van der Waals surface area (Å²) in [6.45, 7) is 6.24. The molecule has 0 unspecified atom stereocenters. The first kappa shape index (κ1) is 21.5. The lowest BCUT2D eigenvalue weighted by Gasteiger charge is -2.35. The Hall–Kier alpha value is -2.78. The van der Waals surface area contributed by atoms with E-state index in [-0.39, 0.29) is 0 Å². The maximum absolute atomic E-state index is 14.4. The molecule has 3 N–H and O–H groups in total. The number of rotatable bonds is 7. The van der Waals surface area contributed by atoms with Gasteiger partial charge in [-0.1, -0.05) is 0 Å². The van der Waals surface area contributed by atoms with Crippen molar-refractivity contribution in [3.8, 4) is 0 Å². The highest BCUT2D eigenvalue weighted by molar-refractivity contribution is 5.60. The Kier molecular flexibility index (Phi) is 6.93. The molecule has 0 radical (unpaired) electrons. The minimum absolute atomic E-state index is 0.345. The van der Waals surface area contributed by atoms with E-state index in [9.17, 15) is 9.18 Å². The zero-order valence-corrected chi connectivity index (χ0v) is 17.7. The third kappa shape index (κ3) is 5.29. The first-order chi connectivity index (χ1) is 15.2. The summed E-state index contributed by atoms with van der Waals surface area (Å²) in [6.07, 6.45) is 4.09. The van der Waals surface area contributed by atoms with Crippen LogP contribution < -0.4 is 20.9 Å². The molecule has 0 bridgehead atoms. The fourth-order valence-electron chi connectivity index (χ4n) is 4.20. The largest absolute Gasteiger partial charge is 0.369 e. The summed E-state index contributed by atoms with van der Waals surface area (Å²) in [7, 11) is 0. The van der Waals surface area contributed by atoms with Crippen LogP contribution in [0, 0.1) is 11.7 Å². The van der Waals surface area contributed by atoms with E-state index in [0.717, 1.165) is 69.8 Å². The topological polar surface area (TPSA) is 90.6 Å². The third-order valence-electron chi connectivity index (χ3n) is 6.17. The summed E-state index contributed by atoms with van der Waals surface area (Å²) in [5.74, 6) is 0.830. The highest BCUT2D eigenvalue weighted by Crippen LogP contribution is 2.26. The first-order valence-corrected chi connectivity index (χ1v) is 10.9. The normalized spacial score (nSPS) is 18.3. The molecule has 0 aliphatic carbocycles. The summed E-state index contributed by atoms with van der Waals surface area (Å²) in [4.78, 5) is 25.6. The Labute approximate surface area is 182 Å². The Morgan fingerprint density at radius 2 is 1.77 bits per heavy atom. The molecule has 2 aliphatic heterocycles. The first-order valence-electron chi connectivity index (χ1n) is 10.9. The minimum atomic E-state index is -0.402.